The molecule has 1 aromatic carbocycles. The third-order valence-corrected chi connectivity index (χ3v) is 5.77. The number of hydrogen-bond acceptors (Lipinski definition) is 2. The molecule has 3 aliphatic rings. The van der Waals surface area contributed by atoms with Gasteiger partial charge in [0.15, 0.2) is 0 Å². The van der Waals surface area contributed by atoms with Crippen molar-refractivity contribution in [1.29, 1.82) is 0 Å². The second-order valence-corrected chi connectivity index (χ2v) is 7.31. The van der Waals surface area contributed by atoms with Gasteiger partial charge in [-0.05, 0) is 49.8 Å². The molecule has 1 atom stereocenters. The van der Waals surface area contributed by atoms with Crippen molar-refractivity contribution < 1.29 is 9.59 Å². The van der Waals surface area contributed by atoms with Crippen LogP contribution in [0.15, 0.2) is 24.3 Å². The van der Waals surface area contributed by atoms with Crippen molar-refractivity contribution >= 4 is 23.4 Å². The van der Waals surface area contributed by atoms with Crippen LogP contribution in [0, 0.1) is 5.92 Å². The van der Waals surface area contributed by atoms with Gasteiger partial charge in [0.05, 0.1) is 0 Å². The average molecular weight is 342 g/mol. The topological polar surface area (TPSA) is 64.7 Å². The zero-order valence-electron chi connectivity index (χ0n) is 14.5. The van der Waals surface area contributed by atoms with Gasteiger partial charge in [-0.25, -0.2) is 9.59 Å². The molecule has 0 spiro atoms. The molecule has 6 nitrogen and oxygen atoms in total. The number of hydrogen-bond donors (Lipinski definition) is 2. The molecule has 0 bridgehead atoms. The number of benzene rings is 1. The van der Waals surface area contributed by atoms with Crippen LogP contribution in [0.2, 0.25) is 0 Å². The van der Waals surface area contributed by atoms with Crippen molar-refractivity contribution in [2.45, 2.75) is 44.6 Å². The minimum absolute atomic E-state index is 0.00239. The molecular weight excluding hydrogens is 316 g/mol. The average Bonchev–Trinajstić information content (AvgIpc) is 3.36. The van der Waals surface area contributed by atoms with Crippen LogP contribution in [-0.2, 0) is 0 Å². The maximum absolute atomic E-state index is 12.8. The fourth-order valence-corrected chi connectivity index (χ4v) is 4.54. The fraction of sp³-hybridized carbons (Fsp3) is 0.579. The van der Waals surface area contributed by atoms with E-state index >= 15 is 0 Å². The molecule has 25 heavy (non-hydrogen) atoms. The van der Waals surface area contributed by atoms with Crippen molar-refractivity contribution in [2.75, 3.05) is 29.9 Å². The molecule has 6 heteroatoms. The smallest absolute Gasteiger partial charge is 0.322 e. The molecule has 2 saturated heterocycles. The third kappa shape index (κ3) is 3.30. The van der Waals surface area contributed by atoms with Crippen LogP contribution in [-0.4, -0.2) is 42.6 Å². The van der Waals surface area contributed by atoms with Crippen molar-refractivity contribution in [3.8, 4) is 0 Å². The first-order valence-corrected chi connectivity index (χ1v) is 9.45. The van der Waals surface area contributed by atoms with Gasteiger partial charge in [-0.3, -0.25) is 4.90 Å². The van der Waals surface area contributed by atoms with Crippen LogP contribution in [0.25, 0.3) is 0 Å². The minimum atomic E-state index is -0.0793. The molecule has 3 fully saturated rings. The summed E-state index contributed by atoms with van der Waals surface area (Å²) in [6, 6.07) is 7.86. The predicted molar refractivity (Wildman–Crippen MR) is 97.9 cm³/mol. The number of likely N-dealkylation sites (tertiary alicyclic amines) is 1. The summed E-state index contributed by atoms with van der Waals surface area (Å²) in [6.45, 7) is 2.17. The molecule has 134 valence electrons. The highest BCUT2D eigenvalue weighted by Gasteiger charge is 2.36. The monoisotopic (exact) mass is 342 g/mol. The summed E-state index contributed by atoms with van der Waals surface area (Å²) in [7, 11) is 0. The summed E-state index contributed by atoms with van der Waals surface area (Å²) in [5, 5.41) is 5.85. The van der Waals surface area contributed by atoms with E-state index in [0.29, 0.717) is 25.0 Å². The van der Waals surface area contributed by atoms with Gasteiger partial charge >= 0.3 is 12.1 Å². The van der Waals surface area contributed by atoms with E-state index in [-0.39, 0.29) is 12.1 Å². The molecule has 0 aromatic heterocycles. The molecule has 1 saturated carbocycles. The standard InChI is InChI=1S/C19H26N4O2/c24-18-20-10-12-22(18)16-8-3-7-15(13-16)21-19(25)23-11-4-9-17(23)14-5-1-2-6-14/h3,7-8,13-14,17H,1-2,4-6,9-12H2,(H,20,24)(H,21,25)/t17-/m1/s1. The largest absolute Gasteiger partial charge is 0.336 e. The molecule has 4 amide bonds. The minimum Gasteiger partial charge on any atom is -0.336 e. The van der Waals surface area contributed by atoms with E-state index in [9.17, 15) is 9.59 Å². The highest BCUT2D eigenvalue weighted by Crippen LogP contribution is 2.35. The Morgan fingerprint density at radius 2 is 1.96 bits per heavy atom. The lowest BCUT2D eigenvalue weighted by atomic mass is 9.96. The molecule has 1 aliphatic carbocycles. The lowest BCUT2D eigenvalue weighted by Gasteiger charge is -2.29. The Bertz CT molecular complexity index is 657. The van der Waals surface area contributed by atoms with E-state index in [1.807, 2.05) is 29.2 Å². The van der Waals surface area contributed by atoms with Gasteiger partial charge in [0, 0.05) is 37.1 Å². The summed E-state index contributed by atoms with van der Waals surface area (Å²) in [6.07, 6.45) is 7.35. The summed E-state index contributed by atoms with van der Waals surface area (Å²) in [4.78, 5) is 28.4. The normalized spacial score (nSPS) is 24.0. The van der Waals surface area contributed by atoms with Gasteiger partial charge in [0.2, 0.25) is 0 Å². The van der Waals surface area contributed by atoms with Gasteiger partial charge < -0.3 is 15.5 Å². The predicted octanol–water partition coefficient (Wildman–Crippen LogP) is 3.40. The number of carbonyl (C=O) groups excluding carboxylic acids is 2. The summed E-state index contributed by atoms with van der Waals surface area (Å²) < 4.78 is 0. The second kappa shape index (κ2) is 6.94. The van der Waals surface area contributed by atoms with E-state index in [0.717, 1.165) is 30.8 Å². The Morgan fingerprint density at radius 3 is 2.72 bits per heavy atom. The Morgan fingerprint density at radius 1 is 1.12 bits per heavy atom. The number of nitrogens with zero attached hydrogens (tertiary/aromatic N) is 2. The number of rotatable bonds is 3. The molecule has 2 aliphatic heterocycles. The maximum Gasteiger partial charge on any atom is 0.322 e. The number of carbonyl (C=O) groups is 2. The SMILES string of the molecule is O=C1NCCN1c1cccc(NC(=O)N2CCC[C@@H]2C2CCCC2)c1. The van der Waals surface area contributed by atoms with Crippen LogP contribution in [0.5, 0.6) is 0 Å². The van der Waals surface area contributed by atoms with Crippen LogP contribution in [0.4, 0.5) is 21.0 Å². The molecule has 0 radical (unpaired) electrons. The maximum atomic E-state index is 12.8. The summed E-state index contributed by atoms with van der Waals surface area (Å²) in [5.41, 5.74) is 1.57. The first-order valence-electron chi connectivity index (χ1n) is 9.45. The lowest BCUT2D eigenvalue weighted by Crippen LogP contribution is -2.42. The highest BCUT2D eigenvalue weighted by molar-refractivity contribution is 5.96. The third-order valence-electron chi connectivity index (χ3n) is 5.77. The van der Waals surface area contributed by atoms with E-state index in [1.165, 1.54) is 25.7 Å². The van der Waals surface area contributed by atoms with Gasteiger partial charge in [-0.15, -0.1) is 0 Å². The van der Waals surface area contributed by atoms with Crippen LogP contribution < -0.4 is 15.5 Å². The van der Waals surface area contributed by atoms with Crippen LogP contribution in [0.1, 0.15) is 38.5 Å². The number of urea groups is 2. The number of anilines is 2. The first kappa shape index (κ1) is 16.2. The van der Waals surface area contributed by atoms with Crippen molar-refractivity contribution in [3.05, 3.63) is 24.3 Å². The van der Waals surface area contributed by atoms with E-state index in [2.05, 4.69) is 10.6 Å². The molecule has 2 heterocycles. The van der Waals surface area contributed by atoms with Gasteiger partial charge in [-0.1, -0.05) is 18.9 Å². The van der Waals surface area contributed by atoms with Crippen LogP contribution >= 0.6 is 0 Å². The van der Waals surface area contributed by atoms with Gasteiger partial charge in [0.1, 0.15) is 0 Å². The molecule has 2 N–H and O–H groups in total. The Balaban J connectivity index is 1.44. The van der Waals surface area contributed by atoms with Gasteiger partial charge in [-0.2, -0.15) is 0 Å². The summed E-state index contributed by atoms with van der Waals surface area (Å²) >= 11 is 0. The Hall–Kier alpha value is -2.24. The zero-order valence-corrected chi connectivity index (χ0v) is 14.5. The van der Waals surface area contributed by atoms with Crippen molar-refractivity contribution in [1.82, 2.24) is 10.2 Å². The van der Waals surface area contributed by atoms with Crippen molar-refractivity contribution in [3.63, 3.8) is 0 Å². The van der Waals surface area contributed by atoms with E-state index in [1.54, 1.807) is 4.90 Å². The molecule has 0 unspecified atom stereocenters. The number of nitrogens with one attached hydrogen (secondary N) is 2. The zero-order chi connectivity index (χ0) is 17.2. The van der Waals surface area contributed by atoms with E-state index < -0.39 is 0 Å². The molecule has 4 rings (SSSR count). The first-order chi connectivity index (χ1) is 12.2. The second-order valence-electron chi connectivity index (χ2n) is 7.31. The number of amides is 4. The quantitative estimate of drug-likeness (QED) is 0.884. The molecule has 1 aromatic rings. The molecular formula is C19H26N4O2. The lowest BCUT2D eigenvalue weighted by molar-refractivity contribution is 0.185. The highest BCUT2D eigenvalue weighted by atomic mass is 16.2. The Kier molecular flexibility index (Phi) is 4.51. The Labute approximate surface area is 148 Å². The van der Waals surface area contributed by atoms with Crippen molar-refractivity contribution in [2.24, 2.45) is 5.92 Å². The van der Waals surface area contributed by atoms with E-state index in [4.69, 9.17) is 0 Å². The fourth-order valence-electron chi connectivity index (χ4n) is 4.54. The van der Waals surface area contributed by atoms with Crippen LogP contribution in [0.3, 0.4) is 0 Å². The summed E-state index contributed by atoms with van der Waals surface area (Å²) in [5.74, 6) is 0.674. The van der Waals surface area contributed by atoms with Gasteiger partial charge in [0.25, 0.3) is 0 Å².